The SMILES string of the molecule is CC(C)(C)c1ccc2c(c1)B1c3cc4c(cc3N(c3cccc5c3C(C)(C)CC5(C)C)c3ccnc(c31)C2(c1ccccc1)c1ccccc1)C(C)(C)CC4(C)C. The lowest BCUT2D eigenvalue weighted by Crippen LogP contribution is -2.66. The molecule has 286 valence electrons. The van der Waals surface area contributed by atoms with Gasteiger partial charge in [-0.05, 0) is 114 Å². The van der Waals surface area contributed by atoms with Crippen LogP contribution in [0.25, 0.3) is 0 Å². The molecular weight excluding hydrogens is 687 g/mol. The maximum atomic E-state index is 5.61. The van der Waals surface area contributed by atoms with E-state index in [1.807, 2.05) is 0 Å². The number of rotatable bonds is 3. The first-order chi connectivity index (χ1) is 26.9. The summed E-state index contributed by atoms with van der Waals surface area (Å²) in [6.45, 7) is 26.7. The first-order valence-corrected chi connectivity index (χ1v) is 21.3. The van der Waals surface area contributed by atoms with Gasteiger partial charge >= 0.3 is 0 Å². The number of nitrogens with zero attached hydrogens (tertiary/aromatic N) is 2. The monoisotopic (exact) mass is 744 g/mol. The zero-order valence-electron chi connectivity index (χ0n) is 35.9. The van der Waals surface area contributed by atoms with Crippen LogP contribution in [0.1, 0.15) is 139 Å². The molecule has 2 nitrogen and oxygen atoms in total. The first kappa shape index (κ1) is 36.5. The molecule has 2 aliphatic carbocycles. The van der Waals surface area contributed by atoms with E-state index < -0.39 is 5.41 Å². The summed E-state index contributed by atoms with van der Waals surface area (Å²) >= 11 is 0. The van der Waals surface area contributed by atoms with E-state index in [4.69, 9.17) is 4.98 Å². The molecule has 0 amide bonds. The molecule has 0 atom stereocenters. The predicted octanol–water partition coefficient (Wildman–Crippen LogP) is 11.3. The van der Waals surface area contributed by atoms with E-state index in [1.165, 1.54) is 78.0 Å². The van der Waals surface area contributed by atoms with E-state index in [2.05, 4.69) is 203 Å². The molecule has 57 heavy (non-hydrogen) atoms. The Morgan fingerprint density at radius 2 is 1.12 bits per heavy atom. The van der Waals surface area contributed by atoms with Crippen LogP contribution in [0.3, 0.4) is 0 Å². The molecule has 6 aromatic rings. The van der Waals surface area contributed by atoms with Crippen molar-refractivity contribution in [3.63, 3.8) is 0 Å². The molecule has 3 heterocycles. The maximum Gasteiger partial charge on any atom is 0.249 e. The Bertz CT molecular complexity index is 2580. The van der Waals surface area contributed by atoms with Crippen LogP contribution in [0.2, 0.25) is 0 Å². The molecule has 0 unspecified atom stereocenters. The Labute approximate surface area is 341 Å². The van der Waals surface area contributed by atoms with Crippen molar-refractivity contribution < 1.29 is 0 Å². The lowest BCUT2D eigenvalue weighted by molar-refractivity contribution is 0.402. The number of hydrogen-bond donors (Lipinski definition) is 0. The average Bonchev–Trinajstić information content (AvgIpc) is 3.48. The lowest BCUT2D eigenvalue weighted by Gasteiger charge is -2.48. The van der Waals surface area contributed by atoms with Gasteiger partial charge in [-0.15, -0.1) is 0 Å². The van der Waals surface area contributed by atoms with Crippen LogP contribution in [0.4, 0.5) is 17.1 Å². The Morgan fingerprint density at radius 3 is 1.75 bits per heavy atom. The first-order valence-electron chi connectivity index (χ1n) is 21.3. The minimum absolute atomic E-state index is 0.00354. The van der Waals surface area contributed by atoms with E-state index in [-0.39, 0.29) is 33.8 Å². The summed E-state index contributed by atoms with van der Waals surface area (Å²) in [4.78, 5) is 8.30. The smallest absolute Gasteiger partial charge is 0.249 e. The highest BCUT2D eigenvalue weighted by Gasteiger charge is 2.55. The number of aromatic nitrogens is 1. The summed E-state index contributed by atoms with van der Waals surface area (Å²) < 4.78 is 0. The minimum Gasteiger partial charge on any atom is -0.311 e. The molecule has 1 aromatic heterocycles. The number of hydrogen-bond acceptors (Lipinski definition) is 2. The Morgan fingerprint density at radius 1 is 0.526 bits per heavy atom. The second-order valence-corrected chi connectivity index (χ2v) is 21.4. The second kappa shape index (κ2) is 11.6. The van der Waals surface area contributed by atoms with Crippen molar-refractivity contribution in [2.75, 3.05) is 4.90 Å². The molecule has 4 aliphatic rings. The molecule has 2 aliphatic heterocycles. The Hall–Kier alpha value is -4.89. The van der Waals surface area contributed by atoms with Crippen molar-refractivity contribution in [2.24, 2.45) is 0 Å². The fourth-order valence-corrected chi connectivity index (χ4v) is 12.7. The van der Waals surface area contributed by atoms with Crippen molar-refractivity contribution in [1.29, 1.82) is 0 Å². The molecule has 0 saturated heterocycles. The zero-order valence-corrected chi connectivity index (χ0v) is 35.9. The molecular formula is C54H57BN2. The number of fused-ring (bicyclic) bond motifs is 6. The van der Waals surface area contributed by atoms with Gasteiger partial charge in [0, 0.05) is 17.6 Å². The van der Waals surface area contributed by atoms with E-state index in [9.17, 15) is 0 Å². The van der Waals surface area contributed by atoms with Gasteiger partial charge in [-0.2, -0.15) is 0 Å². The van der Waals surface area contributed by atoms with E-state index in [0.29, 0.717) is 0 Å². The van der Waals surface area contributed by atoms with Gasteiger partial charge in [-0.1, -0.05) is 179 Å². The van der Waals surface area contributed by atoms with E-state index in [1.54, 1.807) is 0 Å². The third-order valence-electron chi connectivity index (χ3n) is 14.5. The average molecular weight is 745 g/mol. The summed E-state index contributed by atoms with van der Waals surface area (Å²) in [5.74, 6) is 0. The zero-order chi connectivity index (χ0) is 40.1. The van der Waals surface area contributed by atoms with Crippen LogP contribution in [-0.4, -0.2) is 11.7 Å². The highest BCUT2D eigenvalue weighted by molar-refractivity contribution is 6.99. The molecule has 10 rings (SSSR count). The number of pyridine rings is 1. The highest BCUT2D eigenvalue weighted by Crippen LogP contribution is 2.57. The quantitative estimate of drug-likeness (QED) is 0.168. The fourth-order valence-electron chi connectivity index (χ4n) is 12.7. The molecule has 0 radical (unpaired) electrons. The summed E-state index contributed by atoms with van der Waals surface area (Å²) in [6.07, 6.45) is 4.35. The van der Waals surface area contributed by atoms with Crippen molar-refractivity contribution in [2.45, 2.75) is 121 Å². The molecule has 3 heteroatoms. The minimum atomic E-state index is -0.628. The Balaban J connectivity index is 1.40. The normalized spacial score (nSPS) is 19.6. The standard InChI is InChI=1S/C54H57BN2/c1-49(2,3)36-25-26-37-41(29-36)55-42-30-39-40(52(8,9)32-51(39,6)7)31-45(42)57(43-24-18-23-38-46(43)53(10,11)33-50(38,4)5)44-27-28-56-48(47(44)55)54(37,34-19-14-12-15-20-34)35-21-16-13-17-22-35/h12-31H,32-33H2,1-11H3. The number of benzene rings is 5. The van der Waals surface area contributed by atoms with Crippen LogP contribution in [-0.2, 0) is 32.5 Å². The van der Waals surface area contributed by atoms with Crippen LogP contribution in [0, 0.1) is 0 Å². The van der Waals surface area contributed by atoms with E-state index in [0.717, 1.165) is 18.5 Å². The lowest BCUT2D eigenvalue weighted by atomic mass is 9.29. The van der Waals surface area contributed by atoms with Gasteiger partial charge < -0.3 is 4.90 Å². The van der Waals surface area contributed by atoms with Gasteiger partial charge in [0.1, 0.15) is 0 Å². The molecule has 0 N–H and O–H groups in total. The Kier molecular flexibility index (Phi) is 7.43. The van der Waals surface area contributed by atoms with E-state index >= 15 is 0 Å². The van der Waals surface area contributed by atoms with Crippen molar-refractivity contribution >= 4 is 40.2 Å². The number of anilines is 3. The van der Waals surface area contributed by atoms with Crippen molar-refractivity contribution in [3.8, 4) is 0 Å². The van der Waals surface area contributed by atoms with Crippen LogP contribution in [0.15, 0.2) is 121 Å². The van der Waals surface area contributed by atoms with Crippen LogP contribution >= 0.6 is 0 Å². The van der Waals surface area contributed by atoms with Crippen molar-refractivity contribution in [3.05, 3.63) is 172 Å². The summed E-state index contributed by atoms with van der Waals surface area (Å²) in [7, 11) is 0. The van der Waals surface area contributed by atoms with Gasteiger partial charge in [0.25, 0.3) is 0 Å². The van der Waals surface area contributed by atoms with Crippen molar-refractivity contribution in [1.82, 2.24) is 4.98 Å². The molecule has 0 saturated carbocycles. The van der Waals surface area contributed by atoms with Gasteiger partial charge in [0.15, 0.2) is 0 Å². The maximum absolute atomic E-state index is 5.61. The summed E-state index contributed by atoms with van der Waals surface area (Å²) in [6, 6.07) is 44.6. The summed E-state index contributed by atoms with van der Waals surface area (Å²) in [5.41, 5.74) is 19.8. The van der Waals surface area contributed by atoms with Gasteiger partial charge in [0.05, 0.1) is 16.8 Å². The molecule has 0 bridgehead atoms. The molecule has 5 aromatic carbocycles. The largest absolute Gasteiger partial charge is 0.311 e. The molecule has 0 spiro atoms. The highest BCUT2D eigenvalue weighted by atomic mass is 15.2. The van der Waals surface area contributed by atoms with Crippen LogP contribution < -0.4 is 21.3 Å². The molecule has 0 fully saturated rings. The third kappa shape index (κ3) is 4.93. The second-order valence-electron chi connectivity index (χ2n) is 21.4. The van der Waals surface area contributed by atoms with Crippen LogP contribution in [0.5, 0.6) is 0 Å². The van der Waals surface area contributed by atoms with Gasteiger partial charge in [0.2, 0.25) is 6.71 Å². The fraction of sp³-hybridized carbons (Fsp3) is 0.352. The predicted molar refractivity (Wildman–Crippen MR) is 242 cm³/mol. The van der Waals surface area contributed by atoms with Gasteiger partial charge in [-0.25, -0.2) is 0 Å². The third-order valence-corrected chi connectivity index (χ3v) is 14.5. The summed E-state index contributed by atoms with van der Waals surface area (Å²) in [5, 5.41) is 0. The topological polar surface area (TPSA) is 16.1 Å². The van der Waals surface area contributed by atoms with Gasteiger partial charge in [-0.3, -0.25) is 4.98 Å².